The molecule has 4 rings (SSSR count). The SMILES string of the molecule is C=C1CC[C@@H]2[C@](C)(COC(C)=O)[C@H](OC(C)=O)CC[C@@]2(C)[C@@H]1CC(NCc1ccccc1)C1=CCOC1=O. The van der Waals surface area contributed by atoms with Gasteiger partial charge in [0.15, 0.2) is 0 Å². The molecule has 0 radical (unpaired) electrons. The molecule has 38 heavy (non-hydrogen) atoms. The van der Waals surface area contributed by atoms with Gasteiger partial charge in [-0.3, -0.25) is 9.59 Å². The second kappa shape index (κ2) is 11.4. The number of benzene rings is 1. The topological polar surface area (TPSA) is 90.9 Å². The van der Waals surface area contributed by atoms with E-state index in [1.165, 1.54) is 19.4 Å². The summed E-state index contributed by atoms with van der Waals surface area (Å²) in [4.78, 5) is 36.5. The highest BCUT2D eigenvalue weighted by atomic mass is 16.6. The van der Waals surface area contributed by atoms with E-state index in [9.17, 15) is 14.4 Å². The Morgan fingerprint density at radius 2 is 1.89 bits per heavy atom. The van der Waals surface area contributed by atoms with Crippen molar-refractivity contribution in [1.82, 2.24) is 5.32 Å². The number of esters is 3. The fourth-order valence-corrected chi connectivity index (χ4v) is 7.30. The van der Waals surface area contributed by atoms with Crippen molar-refractivity contribution in [2.75, 3.05) is 13.2 Å². The van der Waals surface area contributed by atoms with Crippen molar-refractivity contribution in [3.63, 3.8) is 0 Å². The summed E-state index contributed by atoms with van der Waals surface area (Å²) in [6, 6.07) is 9.96. The Bertz CT molecular complexity index is 1100. The minimum atomic E-state index is -0.526. The standard InChI is InChI=1S/C31H41NO6/c1-20-11-12-27-30(4,15-13-28(38-22(3)34)31(27,5)19-37-21(2)33)25(20)17-26(24-14-16-36-29(24)35)32-18-23-9-7-6-8-10-23/h6-10,14,25-28,32H,1,11-13,15-19H2,2-5H3/t25-,26?,27+,28-,30+,31+/m1/s1. The number of hydrogen-bond acceptors (Lipinski definition) is 7. The van der Waals surface area contributed by atoms with Crippen molar-refractivity contribution in [2.24, 2.45) is 22.7 Å². The average molecular weight is 524 g/mol. The molecule has 7 nitrogen and oxygen atoms in total. The molecule has 6 atom stereocenters. The van der Waals surface area contributed by atoms with Gasteiger partial charge >= 0.3 is 17.9 Å². The van der Waals surface area contributed by atoms with E-state index in [2.05, 4.69) is 37.9 Å². The minimum absolute atomic E-state index is 0.124. The van der Waals surface area contributed by atoms with E-state index < -0.39 is 5.41 Å². The van der Waals surface area contributed by atoms with Crippen LogP contribution in [0.1, 0.15) is 65.4 Å². The van der Waals surface area contributed by atoms with Crippen LogP contribution < -0.4 is 5.32 Å². The number of cyclic esters (lactones) is 1. The zero-order valence-corrected chi connectivity index (χ0v) is 23.1. The van der Waals surface area contributed by atoms with Crippen LogP contribution in [-0.4, -0.2) is 43.3 Å². The van der Waals surface area contributed by atoms with Crippen LogP contribution in [0.5, 0.6) is 0 Å². The molecule has 0 amide bonds. The van der Waals surface area contributed by atoms with E-state index in [1.54, 1.807) is 0 Å². The molecule has 206 valence electrons. The predicted octanol–water partition coefficient (Wildman–Crippen LogP) is 4.90. The molecule has 1 unspecified atom stereocenters. The molecule has 0 aromatic heterocycles. The summed E-state index contributed by atoms with van der Waals surface area (Å²) in [7, 11) is 0. The lowest BCUT2D eigenvalue weighted by Gasteiger charge is -2.60. The number of carbonyl (C=O) groups is 3. The van der Waals surface area contributed by atoms with Crippen molar-refractivity contribution in [3.8, 4) is 0 Å². The maximum Gasteiger partial charge on any atom is 0.335 e. The Kier molecular flexibility index (Phi) is 8.46. The number of ether oxygens (including phenoxy) is 3. The number of hydrogen-bond donors (Lipinski definition) is 1. The largest absolute Gasteiger partial charge is 0.465 e. The predicted molar refractivity (Wildman–Crippen MR) is 144 cm³/mol. The lowest BCUT2D eigenvalue weighted by atomic mass is 9.46. The van der Waals surface area contributed by atoms with Crippen LogP contribution in [0, 0.1) is 22.7 Å². The zero-order valence-electron chi connectivity index (χ0n) is 23.1. The number of allylic oxidation sites excluding steroid dienone is 1. The molecular weight excluding hydrogens is 482 g/mol. The molecule has 3 aliphatic rings. The van der Waals surface area contributed by atoms with Crippen LogP contribution in [0.3, 0.4) is 0 Å². The van der Waals surface area contributed by atoms with Gasteiger partial charge < -0.3 is 19.5 Å². The van der Waals surface area contributed by atoms with Gasteiger partial charge in [-0.15, -0.1) is 0 Å². The van der Waals surface area contributed by atoms with Crippen LogP contribution >= 0.6 is 0 Å². The molecule has 0 spiro atoms. The van der Waals surface area contributed by atoms with Gasteiger partial charge in [0.25, 0.3) is 0 Å². The fraction of sp³-hybridized carbons (Fsp3) is 0.581. The molecule has 1 heterocycles. The second-order valence-corrected chi connectivity index (χ2v) is 11.6. The maximum absolute atomic E-state index is 12.7. The van der Waals surface area contributed by atoms with Crippen LogP contribution in [0.15, 0.2) is 54.1 Å². The van der Waals surface area contributed by atoms with E-state index in [4.69, 9.17) is 14.2 Å². The third kappa shape index (κ3) is 5.73. The van der Waals surface area contributed by atoms with Gasteiger partial charge in [0, 0.05) is 31.8 Å². The third-order valence-electron chi connectivity index (χ3n) is 9.21. The van der Waals surface area contributed by atoms with Gasteiger partial charge in [0.1, 0.15) is 19.3 Å². The highest BCUT2D eigenvalue weighted by Gasteiger charge is 2.60. The minimum Gasteiger partial charge on any atom is -0.465 e. The summed E-state index contributed by atoms with van der Waals surface area (Å²) in [5.74, 6) is -0.659. The molecule has 1 aliphatic heterocycles. The Morgan fingerprint density at radius 3 is 2.53 bits per heavy atom. The highest BCUT2D eigenvalue weighted by Crippen LogP contribution is 2.62. The molecule has 7 heteroatoms. The number of nitrogens with one attached hydrogen (secondary N) is 1. The van der Waals surface area contributed by atoms with E-state index >= 15 is 0 Å². The van der Waals surface area contributed by atoms with E-state index in [0.29, 0.717) is 31.6 Å². The average Bonchev–Trinajstić information content (AvgIpc) is 3.30. The first-order valence-corrected chi connectivity index (χ1v) is 13.7. The Hall–Kier alpha value is -2.93. The van der Waals surface area contributed by atoms with Gasteiger partial charge in [-0.1, -0.05) is 56.3 Å². The zero-order chi connectivity index (χ0) is 27.5. The first-order chi connectivity index (χ1) is 18.0. The van der Waals surface area contributed by atoms with Crippen molar-refractivity contribution in [1.29, 1.82) is 0 Å². The van der Waals surface area contributed by atoms with Gasteiger partial charge in [-0.05, 0) is 61.0 Å². The van der Waals surface area contributed by atoms with Crippen LogP contribution in [-0.2, 0) is 35.1 Å². The maximum atomic E-state index is 12.7. The first kappa shape index (κ1) is 28.1. The monoisotopic (exact) mass is 523 g/mol. The normalized spacial score (nSPS) is 31.6. The summed E-state index contributed by atoms with van der Waals surface area (Å²) in [6.07, 6.45) is 5.52. The summed E-state index contributed by atoms with van der Waals surface area (Å²) in [5.41, 5.74) is 2.31. The Balaban J connectivity index is 1.63. The fourth-order valence-electron chi connectivity index (χ4n) is 7.30. The van der Waals surface area contributed by atoms with Gasteiger partial charge in [-0.25, -0.2) is 4.79 Å². The van der Waals surface area contributed by atoms with Crippen LogP contribution in [0.25, 0.3) is 0 Å². The van der Waals surface area contributed by atoms with Crippen molar-refractivity contribution >= 4 is 17.9 Å². The Labute approximate surface area is 226 Å². The van der Waals surface area contributed by atoms with Crippen LogP contribution in [0.2, 0.25) is 0 Å². The summed E-state index contributed by atoms with van der Waals surface area (Å²) < 4.78 is 16.7. The third-order valence-corrected chi connectivity index (χ3v) is 9.21. The molecular formula is C31H41NO6. The number of fused-ring (bicyclic) bond motifs is 1. The van der Waals surface area contributed by atoms with E-state index in [0.717, 1.165) is 24.8 Å². The number of carbonyl (C=O) groups excluding carboxylic acids is 3. The molecule has 1 N–H and O–H groups in total. The highest BCUT2D eigenvalue weighted by molar-refractivity contribution is 5.91. The van der Waals surface area contributed by atoms with E-state index in [1.807, 2.05) is 24.3 Å². The van der Waals surface area contributed by atoms with Gasteiger partial charge in [-0.2, -0.15) is 0 Å². The van der Waals surface area contributed by atoms with Crippen molar-refractivity contribution in [2.45, 2.75) is 78.5 Å². The van der Waals surface area contributed by atoms with E-state index in [-0.39, 0.29) is 53.9 Å². The molecule has 0 bridgehead atoms. The molecule has 2 saturated carbocycles. The smallest absolute Gasteiger partial charge is 0.335 e. The Morgan fingerprint density at radius 1 is 1.16 bits per heavy atom. The first-order valence-electron chi connectivity index (χ1n) is 13.7. The van der Waals surface area contributed by atoms with Gasteiger partial charge in [0.05, 0.1) is 5.57 Å². The lowest BCUT2D eigenvalue weighted by Crippen LogP contribution is -2.59. The quantitative estimate of drug-likeness (QED) is 0.280. The van der Waals surface area contributed by atoms with Crippen molar-refractivity contribution < 1.29 is 28.6 Å². The number of rotatable bonds is 9. The van der Waals surface area contributed by atoms with Crippen LogP contribution in [0.4, 0.5) is 0 Å². The summed E-state index contributed by atoms with van der Waals surface area (Å²) >= 11 is 0. The molecule has 1 aromatic carbocycles. The molecule has 0 saturated heterocycles. The lowest BCUT2D eigenvalue weighted by molar-refractivity contribution is -0.191. The van der Waals surface area contributed by atoms with Gasteiger partial charge in [0.2, 0.25) is 0 Å². The van der Waals surface area contributed by atoms with Crippen molar-refractivity contribution in [3.05, 3.63) is 59.7 Å². The molecule has 2 fully saturated rings. The molecule has 1 aromatic rings. The summed E-state index contributed by atoms with van der Waals surface area (Å²) in [5, 5.41) is 3.64. The second-order valence-electron chi connectivity index (χ2n) is 11.6. The summed E-state index contributed by atoms with van der Waals surface area (Å²) in [6.45, 7) is 12.9. The molecule has 2 aliphatic carbocycles.